The SMILES string of the molecule is Cc1nc(-c2cccc(COc3cc4ccccc4[nH]c3=O)c2)no1. The molecule has 6 heteroatoms. The summed E-state index contributed by atoms with van der Waals surface area (Å²) < 4.78 is 10.7. The molecule has 2 aromatic carbocycles. The fourth-order valence-electron chi connectivity index (χ4n) is 2.61. The molecule has 0 aliphatic rings. The summed E-state index contributed by atoms with van der Waals surface area (Å²) in [6.45, 7) is 2.02. The Morgan fingerprint density at radius 3 is 2.84 bits per heavy atom. The maximum Gasteiger partial charge on any atom is 0.290 e. The van der Waals surface area contributed by atoms with E-state index < -0.39 is 0 Å². The van der Waals surface area contributed by atoms with E-state index >= 15 is 0 Å². The molecule has 2 aromatic heterocycles. The van der Waals surface area contributed by atoms with Crippen LogP contribution >= 0.6 is 0 Å². The molecule has 2 heterocycles. The number of nitrogens with one attached hydrogen (secondary N) is 1. The van der Waals surface area contributed by atoms with E-state index in [0.717, 1.165) is 22.0 Å². The van der Waals surface area contributed by atoms with Crippen molar-refractivity contribution in [1.29, 1.82) is 0 Å². The number of aromatic nitrogens is 3. The molecule has 0 bridgehead atoms. The van der Waals surface area contributed by atoms with Gasteiger partial charge in [0.15, 0.2) is 5.75 Å². The predicted molar refractivity (Wildman–Crippen MR) is 93.4 cm³/mol. The van der Waals surface area contributed by atoms with Crippen LogP contribution in [0.25, 0.3) is 22.3 Å². The summed E-state index contributed by atoms with van der Waals surface area (Å²) in [6, 6.07) is 17.0. The van der Waals surface area contributed by atoms with Crippen LogP contribution in [-0.4, -0.2) is 15.1 Å². The summed E-state index contributed by atoms with van der Waals surface area (Å²) in [7, 11) is 0. The lowest BCUT2D eigenvalue weighted by Gasteiger charge is -2.07. The zero-order valence-electron chi connectivity index (χ0n) is 13.5. The number of aryl methyl sites for hydroxylation is 1. The molecule has 25 heavy (non-hydrogen) atoms. The molecule has 4 rings (SSSR count). The van der Waals surface area contributed by atoms with Crippen molar-refractivity contribution < 1.29 is 9.26 Å². The Bertz CT molecular complexity index is 1100. The first kappa shape index (κ1) is 15.1. The van der Waals surface area contributed by atoms with Gasteiger partial charge < -0.3 is 14.2 Å². The second-order valence-corrected chi connectivity index (χ2v) is 5.68. The average molecular weight is 333 g/mol. The zero-order chi connectivity index (χ0) is 17.2. The second kappa shape index (κ2) is 6.24. The molecule has 6 nitrogen and oxygen atoms in total. The number of ether oxygens (including phenoxy) is 1. The largest absolute Gasteiger partial charge is 0.483 e. The number of fused-ring (bicyclic) bond motifs is 1. The van der Waals surface area contributed by atoms with Crippen molar-refractivity contribution >= 4 is 10.9 Å². The number of hydrogen-bond acceptors (Lipinski definition) is 5. The van der Waals surface area contributed by atoms with Gasteiger partial charge in [0.05, 0.1) is 0 Å². The van der Waals surface area contributed by atoms with Crippen molar-refractivity contribution in [2.45, 2.75) is 13.5 Å². The van der Waals surface area contributed by atoms with Gasteiger partial charge in [0, 0.05) is 23.4 Å². The summed E-state index contributed by atoms with van der Waals surface area (Å²) in [6.07, 6.45) is 0. The standard InChI is InChI=1S/C19H15N3O3/c1-12-20-18(22-25-12)15-7-4-5-13(9-15)11-24-17-10-14-6-2-3-8-16(14)21-19(17)23/h2-10H,11H2,1H3,(H,21,23). The molecule has 0 spiro atoms. The molecule has 4 aromatic rings. The highest BCUT2D eigenvalue weighted by Gasteiger charge is 2.08. The van der Waals surface area contributed by atoms with E-state index in [1.807, 2.05) is 48.5 Å². The smallest absolute Gasteiger partial charge is 0.290 e. The van der Waals surface area contributed by atoms with Crippen LogP contribution in [0.4, 0.5) is 0 Å². The van der Waals surface area contributed by atoms with E-state index in [1.165, 1.54) is 0 Å². The van der Waals surface area contributed by atoms with Crippen molar-refractivity contribution in [2.75, 3.05) is 0 Å². The Labute approximate surface area is 143 Å². The molecular weight excluding hydrogens is 318 g/mol. The van der Waals surface area contributed by atoms with Gasteiger partial charge in [-0.3, -0.25) is 4.79 Å². The minimum Gasteiger partial charge on any atom is -0.483 e. The molecule has 1 N–H and O–H groups in total. The van der Waals surface area contributed by atoms with Crippen LogP contribution < -0.4 is 10.3 Å². The highest BCUT2D eigenvalue weighted by molar-refractivity contribution is 5.79. The Morgan fingerprint density at radius 1 is 1.12 bits per heavy atom. The topological polar surface area (TPSA) is 81.0 Å². The normalized spacial score (nSPS) is 10.9. The molecule has 0 atom stereocenters. The molecule has 0 saturated carbocycles. The van der Waals surface area contributed by atoms with E-state index in [9.17, 15) is 4.79 Å². The lowest BCUT2D eigenvalue weighted by Crippen LogP contribution is -2.11. The number of hydrogen-bond donors (Lipinski definition) is 1. The maximum atomic E-state index is 12.1. The van der Waals surface area contributed by atoms with Crippen molar-refractivity contribution in [2.24, 2.45) is 0 Å². The van der Waals surface area contributed by atoms with E-state index in [0.29, 0.717) is 17.5 Å². The fourth-order valence-corrected chi connectivity index (χ4v) is 2.61. The summed E-state index contributed by atoms with van der Waals surface area (Å²) in [4.78, 5) is 19.2. The third kappa shape index (κ3) is 3.14. The van der Waals surface area contributed by atoms with Gasteiger partial charge in [0.1, 0.15) is 6.61 Å². The van der Waals surface area contributed by atoms with Gasteiger partial charge in [-0.1, -0.05) is 41.6 Å². The second-order valence-electron chi connectivity index (χ2n) is 5.68. The first-order valence-electron chi connectivity index (χ1n) is 7.83. The molecule has 0 fully saturated rings. The Morgan fingerprint density at radius 2 is 2.00 bits per heavy atom. The van der Waals surface area contributed by atoms with E-state index in [1.54, 1.807) is 13.0 Å². The summed E-state index contributed by atoms with van der Waals surface area (Å²) in [5.41, 5.74) is 2.29. The van der Waals surface area contributed by atoms with Crippen LogP contribution in [0.1, 0.15) is 11.5 Å². The third-order valence-corrected chi connectivity index (χ3v) is 3.83. The lowest BCUT2D eigenvalue weighted by atomic mass is 10.1. The van der Waals surface area contributed by atoms with Crippen molar-refractivity contribution in [3.8, 4) is 17.1 Å². The highest BCUT2D eigenvalue weighted by Crippen LogP contribution is 2.19. The maximum absolute atomic E-state index is 12.1. The molecular formula is C19H15N3O3. The van der Waals surface area contributed by atoms with E-state index in [-0.39, 0.29) is 12.2 Å². The molecule has 124 valence electrons. The number of benzene rings is 2. The fraction of sp³-hybridized carbons (Fsp3) is 0.105. The number of rotatable bonds is 4. The predicted octanol–water partition coefficient (Wildman–Crippen LogP) is 3.47. The van der Waals surface area contributed by atoms with Crippen LogP contribution in [0.3, 0.4) is 0 Å². The van der Waals surface area contributed by atoms with Crippen molar-refractivity contribution in [3.63, 3.8) is 0 Å². The molecule has 0 aliphatic carbocycles. The number of pyridine rings is 1. The van der Waals surface area contributed by atoms with Gasteiger partial charge in [0.2, 0.25) is 11.7 Å². The summed E-state index contributed by atoms with van der Waals surface area (Å²) >= 11 is 0. The minimum atomic E-state index is -0.247. The van der Waals surface area contributed by atoms with Crippen LogP contribution in [0.5, 0.6) is 5.75 Å². The molecule has 0 amide bonds. The van der Waals surface area contributed by atoms with Crippen molar-refractivity contribution in [1.82, 2.24) is 15.1 Å². The van der Waals surface area contributed by atoms with Gasteiger partial charge >= 0.3 is 0 Å². The monoisotopic (exact) mass is 333 g/mol. The van der Waals surface area contributed by atoms with Gasteiger partial charge in [0.25, 0.3) is 5.56 Å². The van der Waals surface area contributed by atoms with Crippen LogP contribution in [0.2, 0.25) is 0 Å². The first-order valence-corrected chi connectivity index (χ1v) is 7.83. The van der Waals surface area contributed by atoms with E-state index in [2.05, 4.69) is 15.1 Å². The number of H-pyrrole nitrogens is 1. The average Bonchev–Trinajstić information content (AvgIpc) is 3.07. The Kier molecular flexibility index (Phi) is 3.78. The van der Waals surface area contributed by atoms with Crippen LogP contribution in [0.15, 0.2) is 63.9 Å². The molecule has 0 radical (unpaired) electrons. The zero-order valence-corrected chi connectivity index (χ0v) is 13.5. The Hall–Kier alpha value is -3.41. The molecule has 0 unspecified atom stereocenters. The number of aromatic amines is 1. The summed E-state index contributed by atoms with van der Waals surface area (Å²) in [5.74, 6) is 1.33. The minimum absolute atomic E-state index is 0.247. The van der Waals surface area contributed by atoms with Gasteiger partial charge in [-0.25, -0.2) is 0 Å². The molecule has 0 aliphatic heterocycles. The Balaban J connectivity index is 1.57. The molecule has 0 saturated heterocycles. The van der Waals surface area contributed by atoms with E-state index in [4.69, 9.17) is 9.26 Å². The van der Waals surface area contributed by atoms with Gasteiger partial charge in [-0.05, 0) is 23.8 Å². The van der Waals surface area contributed by atoms with Crippen LogP contribution in [0, 0.1) is 6.92 Å². The number of nitrogens with zero attached hydrogens (tertiary/aromatic N) is 2. The number of para-hydroxylation sites is 1. The van der Waals surface area contributed by atoms with Gasteiger partial charge in [-0.15, -0.1) is 0 Å². The highest BCUT2D eigenvalue weighted by atomic mass is 16.5. The summed E-state index contributed by atoms with van der Waals surface area (Å²) in [5, 5.41) is 4.84. The quantitative estimate of drug-likeness (QED) is 0.618. The first-order chi connectivity index (χ1) is 12.2. The van der Waals surface area contributed by atoms with Gasteiger partial charge in [-0.2, -0.15) is 4.98 Å². The van der Waals surface area contributed by atoms with Crippen molar-refractivity contribution in [3.05, 3.63) is 76.4 Å². The third-order valence-electron chi connectivity index (χ3n) is 3.83. The lowest BCUT2D eigenvalue weighted by molar-refractivity contribution is 0.302. The van der Waals surface area contributed by atoms with Crippen LogP contribution in [-0.2, 0) is 6.61 Å².